The minimum absolute atomic E-state index is 0.0821. The molecule has 0 unspecified atom stereocenters. The average Bonchev–Trinajstić information content (AvgIpc) is 2.73. The molecule has 5 heteroatoms. The quantitative estimate of drug-likeness (QED) is 0.606. The third-order valence-electron chi connectivity index (χ3n) is 4.61. The van der Waals surface area contributed by atoms with Crippen LogP contribution in [0.25, 0.3) is 0 Å². The van der Waals surface area contributed by atoms with Gasteiger partial charge in [0, 0.05) is 23.5 Å². The molecule has 0 atom stereocenters. The Morgan fingerprint density at radius 2 is 1.53 bits per heavy atom. The molecule has 3 rings (SSSR count). The van der Waals surface area contributed by atoms with Crippen molar-refractivity contribution in [2.75, 3.05) is 23.4 Å². The van der Waals surface area contributed by atoms with Gasteiger partial charge in [0.05, 0.1) is 0 Å². The predicted molar refractivity (Wildman–Crippen MR) is 120 cm³/mol. The van der Waals surface area contributed by atoms with Gasteiger partial charge in [-0.3, -0.25) is 9.59 Å². The first kappa shape index (κ1) is 21.1. The van der Waals surface area contributed by atoms with Gasteiger partial charge in [0.1, 0.15) is 5.75 Å². The van der Waals surface area contributed by atoms with Gasteiger partial charge in [-0.1, -0.05) is 24.3 Å². The van der Waals surface area contributed by atoms with Crippen molar-refractivity contribution in [1.82, 2.24) is 0 Å². The van der Waals surface area contributed by atoms with Crippen LogP contribution in [-0.2, 0) is 4.79 Å². The maximum Gasteiger partial charge on any atom is 0.262 e. The van der Waals surface area contributed by atoms with Crippen molar-refractivity contribution in [2.24, 2.45) is 0 Å². The smallest absolute Gasteiger partial charge is 0.262 e. The monoisotopic (exact) mass is 402 g/mol. The van der Waals surface area contributed by atoms with Crippen molar-refractivity contribution >= 4 is 23.2 Å². The first-order valence-electron chi connectivity index (χ1n) is 9.94. The predicted octanol–water partition coefficient (Wildman–Crippen LogP) is 4.99. The second-order valence-corrected chi connectivity index (χ2v) is 7.12. The summed E-state index contributed by atoms with van der Waals surface area (Å²) in [5, 5.41) is 2.79. The summed E-state index contributed by atoms with van der Waals surface area (Å²) < 4.78 is 5.59. The lowest BCUT2D eigenvalue weighted by atomic mass is 10.1. The molecule has 0 saturated carbocycles. The van der Waals surface area contributed by atoms with Gasteiger partial charge in [0.15, 0.2) is 6.61 Å². The number of nitrogens with one attached hydrogen (secondary N) is 1. The fourth-order valence-electron chi connectivity index (χ4n) is 3.27. The summed E-state index contributed by atoms with van der Waals surface area (Å²) in [5.41, 5.74) is 4.20. The SMILES string of the molecule is CCN(C(=O)c1ccc(NC(=O)COc2cc(C)cc(C)c2)cc1)c1ccccc1. The first-order chi connectivity index (χ1) is 14.5. The molecule has 154 valence electrons. The molecule has 0 saturated heterocycles. The van der Waals surface area contributed by atoms with E-state index in [1.54, 1.807) is 29.2 Å². The van der Waals surface area contributed by atoms with Crippen LogP contribution in [0, 0.1) is 13.8 Å². The zero-order valence-corrected chi connectivity index (χ0v) is 17.5. The molecule has 3 aromatic rings. The van der Waals surface area contributed by atoms with Gasteiger partial charge in [-0.05, 0) is 80.4 Å². The molecule has 3 aromatic carbocycles. The van der Waals surface area contributed by atoms with Crippen molar-refractivity contribution in [2.45, 2.75) is 20.8 Å². The van der Waals surface area contributed by atoms with Crippen LogP contribution in [0.1, 0.15) is 28.4 Å². The van der Waals surface area contributed by atoms with E-state index in [4.69, 9.17) is 4.74 Å². The second kappa shape index (κ2) is 9.74. The third-order valence-corrected chi connectivity index (χ3v) is 4.61. The standard InChI is InChI=1S/C25H26N2O3/c1-4-27(22-8-6-5-7-9-22)25(29)20-10-12-21(13-11-20)26-24(28)17-30-23-15-18(2)14-19(3)16-23/h5-16H,4,17H2,1-3H3,(H,26,28). The zero-order chi connectivity index (χ0) is 21.5. The van der Waals surface area contributed by atoms with Crippen molar-refractivity contribution in [3.63, 3.8) is 0 Å². The van der Waals surface area contributed by atoms with Gasteiger partial charge < -0.3 is 15.0 Å². The fraction of sp³-hybridized carbons (Fsp3) is 0.200. The van der Waals surface area contributed by atoms with E-state index in [1.807, 2.05) is 69.3 Å². The normalized spacial score (nSPS) is 10.4. The minimum atomic E-state index is -0.257. The third kappa shape index (κ3) is 5.47. The van der Waals surface area contributed by atoms with E-state index in [0.29, 0.717) is 23.5 Å². The van der Waals surface area contributed by atoms with E-state index in [9.17, 15) is 9.59 Å². The van der Waals surface area contributed by atoms with Crippen LogP contribution in [0.15, 0.2) is 72.8 Å². The van der Waals surface area contributed by atoms with E-state index in [-0.39, 0.29) is 18.4 Å². The van der Waals surface area contributed by atoms with Crippen LogP contribution in [0.4, 0.5) is 11.4 Å². The molecule has 0 bridgehead atoms. The Hall–Kier alpha value is -3.60. The first-order valence-corrected chi connectivity index (χ1v) is 9.94. The van der Waals surface area contributed by atoms with E-state index in [0.717, 1.165) is 16.8 Å². The Balaban J connectivity index is 1.59. The summed E-state index contributed by atoms with van der Waals surface area (Å²) in [5.74, 6) is 0.330. The van der Waals surface area contributed by atoms with Crippen molar-refractivity contribution in [3.8, 4) is 5.75 Å². The number of amides is 2. The molecule has 0 spiro atoms. The molecule has 30 heavy (non-hydrogen) atoms. The Morgan fingerprint density at radius 1 is 0.900 bits per heavy atom. The highest BCUT2D eigenvalue weighted by molar-refractivity contribution is 6.06. The fourth-order valence-corrected chi connectivity index (χ4v) is 3.27. The molecular weight excluding hydrogens is 376 g/mol. The molecule has 0 aliphatic heterocycles. The Kier molecular flexibility index (Phi) is 6.86. The molecule has 0 aliphatic rings. The van der Waals surface area contributed by atoms with Crippen LogP contribution >= 0.6 is 0 Å². The van der Waals surface area contributed by atoms with Crippen molar-refractivity contribution in [3.05, 3.63) is 89.5 Å². The molecule has 2 amide bonds. The summed E-state index contributed by atoms with van der Waals surface area (Å²) in [4.78, 5) is 26.8. The van der Waals surface area contributed by atoms with Gasteiger partial charge in [-0.15, -0.1) is 0 Å². The highest BCUT2D eigenvalue weighted by atomic mass is 16.5. The van der Waals surface area contributed by atoms with Crippen LogP contribution < -0.4 is 15.0 Å². The number of anilines is 2. The largest absolute Gasteiger partial charge is 0.484 e. The van der Waals surface area contributed by atoms with Gasteiger partial charge in [-0.25, -0.2) is 0 Å². The van der Waals surface area contributed by atoms with E-state index >= 15 is 0 Å². The lowest BCUT2D eigenvalue weighted by Gasteiger charge is -2.21. The van der Waals surface area contributed by atoms with Gasteiger partial charge in [0.25, 0.3) is 11.8 Å². The summed E-state index contributed by atoms with van der Waals surface area (Å²) in [6, 6.07) is 22.3. The topological polar surface area (TPSA) is 58.6 Å². The lowest BCUT2D eigenvalue weighted by molar-refractivity contribution is -0.118. The number of carbonyl (C=O) groups excluding carboxylic acids is 2. The molecular formula is C25H26N2O3. The maximum absolute atomic E-state index is 12.8. The summed E-state index contributed by atoms with van der Waals surface area (Å²) in [6.07, 6.45) is 0. The molecule has 5 nitrogen and oxygen atoms in total. The average molecular weight is 402 g/mol. The molecule has 1 N–H and O–H groups in total. The number of ether oxygens (including phenoxy) is 1. The number of para-hydroxylation sites is 1. The molecule has 0 radical (unpaired) electrons. The summed E-state index contributed by atoms with van der Waals surface area (Å²) in [7, 11) is 0. The molecule has 0 aromatic heterocycles. The number of nitrogens with zero attached hydrogens (tertiary/aromatic N) is 1. The minimum Gasteiger partial charge on any atom is -0.484 e. The zero-order valence-electron chi connectivity index (χ0n) is 17.5. The van der Waals surface area contributed by atoms with Gasteiger partial charge in [0.2, 0.25) is 0 Å². The second-order valence-electron chi connectivity index (χ2n) is 7.12. The Morgan fingerprint density at radius 3 is 2.13 bits per heavy atom. The van der Waals surface area contributed by atoms with Crippen LogP contribution in [0.3, 0.4) is 0 Å². The highest BCUT2D eigenvalue weighted by Gasteiger charge is 2.16. The van der Waals surface area contributed by atoms with Crippen molar-refractivity contribution < 1.29 is 14.3 Å². The van der Waals surface area contributed by atoms with Gasteiger partial charge >= 0.3 is 0 Å². The van der Waals surface area contributed by atoms with Gasteiger partial charge in [-0.2, -0.15) is 0 Å². The number of rotatable bonds is 7. The lowest BCUT2D eigenvalue weighted by Crippen LogP contribution is -2.30. The van der Waals surface area contributed by atoms with Crippen LogP contribution in [0.5, 0.6) is 5.75 Å². The number of aryl methyl sites for hydroxylation is 2. The molecule has 0 aliphatic carbocycles. The Labute approximate surface area is 177 Å². The number of benzene rings is 3. The number of hydrogen-bond donors (Lipinski definition) is 1. The summed E-state index contributed by atoms with van der Waals surface area (Å²) in [6.45, 7) is 6.40. The Bertz CT molecular complexity index is 994. The number of carbonyl (C=O) groups is 2. The van der Waals surface area contributed by atoms with E-state index < -0.39 is 0 Å². The number of hydrogen-bond acceptors (Lipinski definition) is 3. The van der Waals surface area contributed by atoms with Crippen molar-refractivity contribution in [1.29, 1.82) is 0 Å². The molecule has 0 heterocycles. The van der Waals surface area contributed by atoms with E-state index in [2.05, 4.69) is 5.32 Å². The van der Waals surface area contributed by atoms with Crippen LogP contribution in [0.2, 0.25) is 0 Å². The highest BCUT2D eigenvalue weighted by Crippen LogP contribution is 2.19. The van der Waals surface area contributed by atoms with E-state index in [1.165, 1.54) is 0 Å². The van der Waals surface area contributed by atoms with Crippen LogP contribution in [-0.4, -0.2) is 25.0 Å². The maximum atomic E-state index is 12.8. The summed E-state index contributed by atoms with van der Waals surface area (Å²) >= 11 is 0. The molecule has 0 fully saturated rings.